The van der Waals surface area contributed by atoms with Gasteiger partial charge in [0, 0.05) is 23.7 Å². The highest BCUT2D eigenvalue weighted by Crippen LogP contribution is 2.35. The Bertz CT molecular complexity index is 912. The number of carbonyl (C=O) groups excluding carboxylic acids is 1. The summed E-state index contributed by atoms with van der Waals surface area (Å²) in [4.78, 5) is 12.5. The minimum Gasteiger partial charge on any atom is -0.494 e. The molecule has 3 unspecified atom stereocenters. The molecule has 2 aliphatic rings. The van der Waals surface area contributed by atoms with Gasteiger partial charge in [-0.2, -0.15) is 0 Å². The molecule has 1 aliphatic carbocycles. The molecule has 0 radical (unpaired) electrons. The van der Waals surface area contributed by atoms with Gasteiger partial charge in [0.1, 0.15) is 0 Å². The third-order valence-electron chi connectivity index (χ3n) is 6.91. The van der Waals surface area contributed by atoms with E-state index >= 15 is 0 Å². The highest BCUT2D eigenvalue weighted by atomic mass is 19.1. The number of amides is 1. The smallest absolute Gasteiger partial charge is 0.251 e. The zero-order valence-corrected chi connectivity index (χ0v) is 19.0. The van der Waals surface area contributed by atoms with Gasteiger partial charge in [0.15, 0.2) is 11.6 Å². The molecule has 2 aromatic rings. The molecule has 0 spiro atoms. The summed E-state index contributed by atoms with van der Waals surface area (Å²) in [5.41, 5.74) is 2.95. The maximum atomic E-state index is 14.0. The molecule has 2 aromatic carbocycles. The summed E-state index contributed by atoms with van der Waals surface area (Å²) in [7, 11) is 1.48. The van der Waals surface area contributed by atoms with Crippen molar-refractivity contribution in [3.05, 3.63) is 65.0 Å². The average molecular weight is 440 g/mol. The van der Waals surface area contributed by atoms with Crippen LogP contribution in [-0.4, -0.2) is 38.2 Å². The zero-order valence-electron chi connectivity index (χ0n) is 19.0. The van der Waals surface area contributed by atoms with Crippen LogP contribution >= 0.6 is 0 Å². The van der Waals surface area contributed by atoms with Crippen LogP contribution in [0.2, 0.25) is 0 Å². The number of hydrogen-bond acceptors (Lipinski definition) is 4. The Balaban J connectivity index is 1.30. The molecule has 1 saturated carbocycles. The molecular formula is C26H34FN3O2. The molecular weight excluding hydrogens is 405 g/mol. The number of ether oxygens (including phenoxy) is 1. The Morgan fingerprint density at radius 2 is 1.81 bits per heavy atom. The molecule has 5 nitrogen and oxygen atoms in total. The largest absolute Gasteiger partial charge is 0.494 e. The fourth-order valence-electron chi connectivity index (χ4n) is 4.98. The summed E-state index contributed by atoms with van der Waals surface area (Å²) in [5.74, 6) is 0.450. The van der Waals surface area contributed by atoms with Crippen LogP contribution in [0.3, 0.4) is 0 Å². The molecule has 0 bridgehead atoms. The predicted molar refractivity (Wildman–Crippen MR) is 125 cm³/mol. The van der Waals surface area contributed by atoms with Crippen molar-refractivity contribution < 1.29 is 13.9 Å². The molecule has 1 amide bonds. The Hall–Kier alpha value is -2.44. The van der Waals surface area contributed by atoms with E-state index in [1.54, 1.807) is 12.1 Å². The van der Waals surface area contributed by atoms with Gasteiger partial charge >= 0.3 is 0 Å². The van der Waals surface area contributed by atoms with Gasteiger partial charge in [-0.3, -0.25) is 4.79 Å². The van der Waals surface area contributed by atoms with Crippen LogP contribution in [0.5, 0.6) is 5.75 Å². The van der Waals surface area contributed by atoms with Crippen molar-refractivity contribution in [1.29, 1.82) is 0 Å². The van der Waals surface area contributed by atoms with E-state index in [-0.39, 0.29) is 29.6 Å². The number of rotatable bonds is 7. The summed E-state index contributed by atoms with van der Waals surface area (Å²) in [6.07, 6.45) is 5.22. The Labute approximate surface area is 190 Å². The lowest BCUT2D eigenvalue weighted by Crippen LogP contribution is -2.42. The Kier molecular flexibility index (Phi) is 7.43. The normalized spacial score (nSPS) is 22.5. The first-order chi connectivity index (χ1) is 15.5. The molecule has 2 fully saturated rings. The molecule has 3 atom stereocenters. The van der Waals surface area contributed by atoms with Crippen LogP contribution in [0.4, 0.5) is 4.39 Å². The summed E-state index contributed by atoms with van der Waals surface area (Å²) >= 11 is 0. The monoisotopic (exact) mass is 439 g/mol. The van der Waals surface area contributed by atoms with Crippen molar-refractivity contribution in [2.24, 2.45) is 0 Å². The first-order valence-corrected chi connectivity index (χ1v) is 11.7. The van der Waals surface area contributed by atoms with Crippen LogP contribution in [-0.2, 0) is 0 Å². The number of carbonyl (C=O) groups is 1. The number of piperidine rings is 1. The fourth-order valence-corrected chi connectivity index (χ4v) is 4.98. The lowest BCUT2D eigenvalue weighted by molar-refractivity contribution is 0.0929. The summed E-state index contributed by atoms with van der Waals surface area (Å²) in [6.45, 7) is 4.00. The van der Waals surface area contributed by atoms with E-state index in [9.17, 15) is 9.18 Å². The van der Waals surface area contributed by atoms with Gasteiger partial charge in [-0.05, 0) is 93.4 Å². The van der Waals surface area contributed by atoms with Crippen LogP contribution in [0.15, 0.2) is 42.5 Å². The quantitative estimate of drug-likeness (QED) is 0.602. The standard InChI is InChI=1S/C26H34FN3O2/c1-17(20-8-10-25(32-2)24(27)16-20)29-23-9-7-21(15-23)18-3-5-19(6-4-18)26(31)30-22-11-13-28-14-12-22/h3-6,8,10,16-17,21-23,28-29H,7,9,11-15H2,1-2H3,(H,30,31). The van der Waals surface area contributed by atoms with E-state index in [1.807, 2.05) is 18.2 Å². The first kappa shape index (κ1) is 22.7. The SMILES string of the molecule is COc1ccc(C(C)NC2CCC(c3ccc(C(=O)NC4CCNCC4)cc3)C2)cc1F. The van der Waals surface area contributed by atoms with Crippen molar-refractivity contribution >= 4 is 5.91 Å². The third kappa shape index (κ3) is 5.48. The number of benzene rings is 2. The van der Waals surface area contributed by atoms with E-state index in [4.69, 9.17) is 4.74 Å². The van der Waals surface area contributed by atoms with E-state index in [1.165, 1.54) is 12.7 Å². The number of nitrogens with one attached hydrogen (secondary N) is 3. The Morgan fingerprint density at radius 3 is 2.50 bits per heavy atom. The molecule has 1 aliphatic heterocycles. The summed E-state index contributed by atoms with van der Waals surface area (Å²) in [5, 5.41) is 10.1. The Morgan fingerprint density at radius 1 is 1.06 bits per heavy atom. The van der Waals surface area contributed by atoms with Crippen molar-refractivity contribution in [2.75, 3.05) is 20.2 Å². The molecule has 6 heteroatoms. The summed E-state index contributed by atoms with van der Waals surface area (Å²) in [6, 6.07) is 14.0. The first-order valence-electron chi connectivity index (χ1n) is 11.7. The topological polar surface area (TPSA) is 62.4 Å². The van der Waals surface area contributed by atoms with Gasteiger partial charge in [-0.15, -0.1) is 0 Å². The number of halogens is 1. The van der Waals surface area contributed by atoms with E-state index < -0.39 is 0 Å². The van der Waals surface area contributed by atoms with E-state index in [0.29, 0.717) is 12.0 Å². The van der Waals surface area contributed by atoms with E-state index in [2.05, 4.69) is 35.0 Å². The maximum absolute atomic E-state index is 14.0. The van der Waals surface area contributed by atoms with Crippen LogP contribution in [0, 0.1) is 5.82 Å². The summed E-state index contributed by atoms with van der Waals surface area (Å²) < 4.78 is 19.1. The van der Waals surface area contributed by atoms with Crippen molar-refractivity contribution in [3.63, 3.8) is 0 Å². The minimum absolute atomic E-state index is 0.0231. The predicted octanol–water partition coefficient (Wildman–Crippen LogP) is 4.30. The molecule has 32 heavy (non-hydrogen) atoms. The van der Waals surface area contributed by atoms with Gasteiger partial charge in [-0.25, -0.2) is 4.39 Å². The van der Waals surface area contributed by atoms with Crippen LogP contribution in [0.25, 0.3) is 0 Å². The van der Waals surface area contributed by atoms with Crippen molar-refractivity contribution in [2.45, 2.75) is 63.1 Å². The maximum Gasteiger partial charge on any atom is 0.251 e. The average Bonchev–Trinajstić information content (AvgIpc) is 3.28. The lowest BCUT2D eigenvalue weighted by atomic mass is 9.96. The fraction of sp³-hybridized carbons (Fsp3) is 0.500. The molecule has 3 N–H and O–H groups in total. The molecule has 4 rings (SSSR count). The second-order valence-electron chi connectivity index (χ2n) is 9.11. The van der Waals surface area contributed by atoms with Crippen molar-refractivity contribution in [1.82, 2.24) is 16.0 Å². The molecule has 0 aromatic heterocycles. The van der Waals surface area contributed by atoms with Crippen LogP contribution < -0.4 is 20.7 Å². The van der Waals surface area contributed by atoms with Gasteiger partial charge in [-0.1, -0.05) is 18.2 Å². The van der Waals surface area contributed by atoms with Gasteiger partial charge < -0.3 is 20.7 Å². The zero-order chi connectivity index (χ0) is 22.5. The van der Waals surface area contributed by atoms with Crippen LogP contribution in [0.1, 0.15) is 72.5 Å². The second kappa shape index (κ2) is 10.5. The highest BCUT2D eigenvalue weighted by Gasteiger charge is 2.27. The van der Waals surface area contributed by atoms with Crippen molar-refractivity contribution in [3.8, 4) is 5.75 Å². The number of hydrogen-bond donors (Lipinski definition) is 3. The van der Waals surface area contributed by atoms with E-state index in [0.717, 1.165) is 56.3 Å². The second-order valence-corrected chi connectivity index (χ2v) is 9.11. The number of methoxy groups -OCH3 is 1. The van der Waals surface area contributed by atoms with Gasteiger partial charge in [0.25, 0.3) is 5.91 Å². The molecule has 1 saturated heterocycles. The highest BCUT2D eigenvalue weighted by molar-refractivity contribution is 5.94. The van der Waals surface area contributed by atoms with Gasteiger partial charge in [0.2, 0.25) is 0 Å². The van der Waals surface area contributed by atoms with Gasteiger partial charge in [0.05, 0.1) is 7.11 Å². The molecule has 1 heterocycles. The minimum atomic E-state index is -0.327. The molecule has 172 valence electrons. The lowest BCUT2D eigenvalue weighted by Gasteiger charge is -2.23. The third-order valence-corrected chi connectivity index (χ3v) is 6.91.